The highest BCUT2D eigenvalue weighted by Gasteiger charge is 2.22. The quantitative estimate of drug-likeness (QED) is 0.922. The van der Waals surface area contributed by atoms with Crippen molar-refractivity contribution in [1.29, 1.82) is 0 Å². The third-order valence-electron chi connectivity index (χ3n) is 3.32. The molecule has 0 spiro atoms. The first kappa shape index (κ1) is 12.5. The molecule has 0 aromatic heterocycles. The average molecular weight is 264 g/mol. The molecule has 1 aliphatic heterocycles. The van der Waals surface area contributed by atoms with Crippen molar-refractivity contribution >= 4 is 17.3 Å². The SMILES string of the molecule is Cc1ccc(N2CC(Nc3ccccc3)=CC2=O)cc1. The van der Waals surface area contributed by atoms with E-state index in [9.17, 15) is 4.79 Å². The fourth-order valence-corrected chi connectivity index (χ4v) is 2.25. The molecule has 0 fully saturated rings. The zero-order valence-corrected chi connectivity index (χ0v) is 11.3. The number of hydrogen-bond acceptors (Lipinski definition) is 2. The minimum Gasteiger partial charge on any atom is -0.357 e. The Hall–Kier alpha value is -2.55. The van der Waals surface area contributed by atoms with Crippen LogP contribution in [0.4, 0.5) is 11.4 Å². The number of nitrogens with zero attached hydrogens (tertiary/aromatic N) is 1. The maximum absolute atomic E-state index is 12.1. The fourth-order valence-electron chi connectivity index (χ4n) is 2.25. The van der Waals surface area contributed by atoms with Gasteiger partial charge in [0.15, 0.2) is 0 Å². The number of benzene rings is 2. The minimum atomic E-state index is 0.0206. The van der Waals surface area contributed by atoms with Crippen LogP contribution in [-0.4, -0.2) is 12.5 Å². The number of anilines is 2. The number of hydrogen-bond donors (Lipinski definition) is 1. The first-order chi connectivity index (χ1) is 9.72. The first-order valence-corrected chi connectivity index (χ1v) is 6.63. The molecule has 0 aliphatic carbocycles. The molecule has 3 rings (SSSR count). The number of carbonyl (C=O) groups is 1. The van der Waals surface area contributed by atoms with Crippen molar-refractivity contribution in [2.75, 3.05) is 16.8 Å². The normalized spacial score (nSPS) is 14.3. The van der Waals surface area contributed by atoms with Gasteiger partial charge in [0.2, 0.25) is 0 Å². The highest BCUT2D eigenvalue weighted by Crippen LogP contribution is 2.22. The molecule has 1 heterocycles. The summed E-state index contributed by atoms with van der Waals surface area (Å²) in [6.07, 6.45) is 1.66. The summed E-state index contributed by atoms with van der Waals surface area (Å²) in [5, 5.41) is 3.28. The predicted octanol–water partition coefficient (Wildman–Crippen LogP) is 3.34. The Kier molecular flexibility index (Phi) is 3.25. The summed E-state index contributed by atoms with van der Waals surface area (Å²) in [7, 11) is 0. The van der Waals surface area contributed by atoms with Crippen LogP contribution < -0.4 is 10.2 Å². The van der Waals surface area contributed by atoms with Crippen molar-refractivity contribution in [2.45, 2.75) is 6.92 Å². The van der Waals surface area contributed by atoms with Crippen molar-refractivity contribution in [3.8, 4) is 0 Å². The third-order valence-corrected chi connectivity index (χ3v) is 3.32. The summed E-state index contributed by atoms with van der Waals surface area (Å²) in [6, 6.07) is 17.9. The van der Waals surface area contributed by atoms with Crippen molar-refractivity contribution in [3.05, 3.63) is 71.9 Å². The van der Waals surface area contributed by atoms with Crippen molar-refractivity contribution in [1.82, 2.24) is 0 Å². The van der Waals surface area contributed by atoms with Crippen LogP contribution in [0.2, 0.25) is 0 Å². The van der Waals surface area contributed by atoms with Gasteiger partial charge in [-0.1, -0.05) is 35.9 Å². The van der Waals surface area contributed by atoms with E-state index in [2.05, 4.69) is 5.32 Å². The Morgan fingerprint density at radius 3 is 2.40 bits per heavy atom. The van der Waals surface area contributed by atoms with Crippen LogP contribution in [-0.2, 0) is 4.79 Å². The van der Waals surface area contributed by atoms with Gasteiger partial charge in [-0.25, -0.2) is 0 Å². The summed E-state index contributed by atoms with van der Waals surface area (Å²) >= 11 is 0. The lowest BCUT2D eigenvalue weighted by molar-refractivity contribution is -0.113. The molecule has 100 valence electrons. The zero-order valence-electron chi connectivity index (χ0n) is 11.3. The Morgan fingerprint density at radius 1 is 1.00 bits per heavy atom. The van der Waals surface area contributed by atoms with Crippen LogP contribution in [0.25, 0.3) is 0 Å². The summed E-state index contributed by atoms with van der Waals surface area (Å²) in [6.45, 7) is 2.62. The lowest BCUT2D eigenvalue weighted by Crippen LogP contribution is -2.25. The number of para-hydroxylation sites is 1. The standard InChI is InChI=1S/C17H16N2O/c1-13-7-9-16(10-8-13)19-12-15(11-17(19)20)18-14-5-3-2-4-6-14/h2-11,18H,12H2,1H3. The highest BCUT2D eigenvalue weighted by atomic mass is 16.2. The van der Waals surface area contributed by atoms with Gasteiger partial charge in [-0.15, -0.1) is 0 Å². The Balaban J connectivity index is 1.74. The Morgan fingerprint density at radius 2 is 1.70 bits per heavy atom. The second-order valence-electron chi connectivity index (χ2n) is 4.92. The maximum atomic E-state index is 12.1. The van der Waals surface area contributed by atoms with Crippen LogP contribution >= 0.6 is 0 Å². The van der Waals surface area contributed by atoms with E-state index in [-0.39, 0.29) is 5.91 Å². The second kappa shape index (κ2) is 5.21. The van der Waals surface area contributed by atoms with E-state index < -0.39 is 0 Å². The summed E-state index contributed by atoms with van der Waals surface area (Å²) < 4.78 is 0. The van der Waals surface area contributed by atoms with E-state index in [1.165, 1.54) is 5.56 Å². The number of aryl methyl sites for hydroxylation is 1. The molecule has 1 aliphatic rings. The van der Waals surface area contributed by atoms with E-state index in [1.807, 2.05) is 61.5 Å². The minimum absolute atomic E-state index is 0.0206. The monoisotopic (exact) mass is 264 g/mol. The molecule has 0 saturated carbocycles. The molecule has 0 atom stereocenters. The molecule has 3 nitrogen and oxygen atoms in total. The topological polar surface area (TPSA) is 32.3 Å². The molecule has 1 amide bonds. The number of nitrogens with one attached hydrogen (secondary N) is 1. The van der Waals surface area contributed by atoms with Gasteiger partial charge < -0.3 is 10.2 Å². The summed E-state index contributed by atoms with van der Waals surface area (Å²) in [5.41, 5.74) is 4.04. The molecule has 2 aromatic carbocycles. The molecular formula is C17H16N2O. The predicted molar refractivity (Wildman–Crippen MR) is 81.7 cm³/mol. The maximum Gasteiger partial charge on any atom is 0.253 e. The smallest absolute Gasteiger partial charge is 0.253 e. The van der Waals surface area contributed by atoms with Gasteiger partial charge in [-0.3, -0.25) is 4.79 Å². The molecule has 3 heteroatoms. The van der Waals surface area contributed by atoms with E-state index in [1.54, 1.807) is 11.0 Å². The van der Waals surface area contributed by atoms with Gasteiger partial charge in [0.05, 0.1) is 6.54 Å². The van der Waals surface area contributed by atoms with Gasteiger partial charge in [0.25, 0.3) is 5.91 Å². The number of rotatable bonds is 3. The number of amides is 1. The van der Waals surface area contributed by atoms with E-state index in [4.69, 9.17) is 0 Å². The lowest BCUT2D eigenvalue weighted by Gasteiger charge is -2.17. The van der Waals surface area contributed by atoms with Crippen LogP contribution in [0.3, 0.4) is 0 Å². The molecule has 0 radical (unpaired) electrons. The highest BCUT2D eigenvalue weighted by molar-refractivity contribution is 6.05. The first-order valence-electron chi connectivity index (χ1n) is 6.63. The summed E-state index contributed by atoms with van der Waals surface area (Å²) in [5.74, 6) is 0.0206. The molecule has 0 unspecified atom stereocenters. The van der Waals surface area contributed by atoms with E-state index in [0.29, 0.717) is 6.54 Å². The second-order valence-corrected chi connectivity index (χ2v) is 4.92. The molecule has 2 aromatic rings. The molecular weight excluding hydrogens is 248 g/mol. The van der Waals surface area contributed by atoms with Gasteiger partial charge >= 0.3 is 0 Å². The average Bonchev–Trinajstić information content (AvgIpc) is 2.81. The van der Waals surface area contributed by atoms with Crippen LogP contribution in [0.1, 0.15) is 5.56 Å². The van der Waals surface area contributed by atoms with Crippen LogP contribution in [0.5, 0.6) is 0 Å². The molecule has 1 N–H and O–H groups in total. The molecule has 0 saturated heterocycles. The van der Waals surface area contributed by atoms with E-state index >= 15 is 0 Å². The van der Waals surface area contributed by atoms with Crippen molar-refractivity contribution in [3.63, 3.8) is 0 Å². The van der Waals surface area contributed by atoms with Crippen molar-refractivity contribution < 1.29 is 4.79 Å². The molecule has 0 bridgehead atoms. The fraction of sp³-hybridized carbons (Fsp3) is 0.118. The van der Waals surface area contributed by atoms with Crippen LogP contribution in [0, 0.1) is 6.92 Å². The molecule has 20 heavy (non-hydrogen) atoms. The van der Waals surface area contributed by atoms with Crippen molar-refractivity contribution in [2.24, 2.45) is 0 Å². The van der Waals surface area contributed by atoms with Gasteiger partial charge in [0, 0.05) is 23.1 Å². The Labute approximate surface area is 118 Å². The zero-order chi connectivity index (χ0) is 13.9. The lowest BCUT2D eigenvalue weighted by atomic mass is 10.2. The summed E-state index contributed by atoms with van der Waals surface area (Å²) in [4.78, 5) is 13.8. The van der Waals surface area contributed by atoms with E-state index in [0.717, 1.165) is 17.1 Å². The third kappa shape index (κ3) is 2.57. The Bertz CT molecular complexity index is 644. The van der Waals surface area contributed by atoms with Gasteiger partial charge in [-0.05, 0) is 31.2 Å². The number of carbonyl (C=O) groups excluding carboxylic acids is 1. The van der Waals surface area contributed by atoms with Crippen LogP contribution in [0.15, 0.2) is 66.4 Å². The largest absolute Gasteiger partial charge is 0.357 e. The van der Waals surface area contributed by atoms with Gasteiger partial charge in [-0.2, -0.15) is 0 Å². The van der Waals surface area contributed by atoms with Gasteiger partial charge in [0.1, 0.15) is 0 Å².